The van der Waals surface area contributed by atoms with Gasteiger partial charge in [0.1, 0.15) is 11.6 Å². The maximum atomic E-state index is 13.7. The van der Waals surface area contributed by atoms with Crippen LogP contribution >= 0.6 is 0 Å². The van der Waals surface area contributed by atoms with Gasteiger partial charge in [0.15, 0.2) is 6.10 Å². The number of amides is 1. The average molecular weight is 395 g/mol. The molecule has 0 bridgehead atoms. The molecule has 0 saturated heterocycles. The topological polar surface area (TPSA) is 90.3 Å². The van der Waals surface area contributed by atoms with Crippen molar-refractivity contribution in [1.29, 1.82) is 0 Å². The minimum atomic E-state index is -1.14. The molecule has 29 heavy (non-hydrogen) atoms. The van der Waals surface area contributed by atoms with Crippen LogP contribution in [0.3, 0.4) is 0 Å². The number of benzene rings is 2. The van der Waals surface area contributed by atoms with Crippen LogP contribution in [0.5, 0.6) is 0 Å². The Morgan fingerprint density at radius 1 is 1.24 bits per heavy atom. The normalized spacial score (nSPS) is 13.7. The first-order valence-electron chi connectivity index (χ1n) is 9.24. The van der Waals surface area contributed by atoms with Crippen LogP contribution in [-0.4, -0.2) is 27.5 Å². The first kappa shape index (κ1) is 18.8. The van der Waals surface area contributed by atoms with Crippen LogP contribution in [0.2, 0.25) is 0 Å². The van der Waals surface area contributed by atoms with Crippen molar-refractivity contribution in [1.82, 2.24) is 9.55 Å². The Hall–Kier alpha value is -3.55. The number of para-hydroxylation sites is 1. The molecule has 4 rings (SSSR count). The minimum absolute atomic E-state index is 0.00429. The molecule has 0 unspecified atom stereocenters. The van der Waals surface area contributed by atoms with Crippen molar-refractivity contribution in [2.45, 2.75) is 32.4 Å². The molecule has 2 aromatic carbocycles. The second-order valence-electron chi connectivity index (χ2n) is 6.84. The molecule has 3 aromatic rings. The van der Waals surface area contributed by atoms with Gasteiger partial charge in [-0.05, 0) is 43.7 Å². The lowest BCUT2D eigenvalue weighted by Crippen LogP contribution is -2.30. The van der Waals surface area contributed by atoms with E-state index < -0.39 is 23.8 Å². The van der Waals surface area contributed by atoms with Gasteiger partial charge in [-0.2, -0.15) is 0 Å². The summed E-state index contributed by atoms with van der Waals surface area (Å²) in [5.41, 5.74) is 0.476. The lowest BCUT2D eigenvalue weighted by Gasteiger charge is -2.14. The Morgan fingerprint density at radius 3 is 2.83 bits per heavy atom. The Morgan fingerprint density at radius 2 is 2.03 bits per heavy atom. The number of carbonyl (C=O) groups is 2. The van der Waals surface area contributed by atoms with Crippen molar-refractivity contribution < 1.29 is 18.7 Å². The van der Waals surface area contributed by atoms with Crippen molar-refractivity contribution in [3.63, 3.8) is 0 Å². The van der Waals surface area contributed by atoms with Crippen LogP contribution < -0.4 is 10.9 Å². The number of anilines is 1. The zero-order chi connectivity index (χ0) is 20.5. The number of aromatic nitrogens is 2. The molecule has 0 radical (unpaired) electrons. The number of nitrogens with zero attached hydrogens (tertiary/aromatic N) is 2. The number of rotatable bonds is 4. The van der Waals surface area contributed by atoms with Crippen LogP contribution in [0.15, 0.2) is 47.3 Å². The predicted octanol–water partition coefficient (Wildman–Crippen LogP) is 2.67. The molecule has 1 amide bonds. The van der Waals surface area contributed by atoms with Gasteiger partial charge >= 0.3 is 5.97 Å². The summed E-state index contributed by atoms with van der Waals surface area (Å²) in [4.78, 5) is 41.6. The lowest BCUT2D eigenvalue weighted by atomic mass is 10.1. The fraction of sp³-hybridized carbons (Fsp3) is 0.238. The van der Waals surface area contributed by atoms with Gasteiger partial charge in [-0.1, -0.05) is 12.1 Å². The standard InChI is InChI=1S/C21H18FN3O4/c1-12(19(26)24-16-6-3-2-5-15(16)22)29-21(28)13-8-9-14-17(11-13)23-18-7-4-10-25(18)20(14)27/h2-3,5-6,8-9,11-12H,4,7,10H2,1H3,(H,24,26)/t12-/m1/s1. The minimum Gasteiger partial charge on any atom is -0.449 e. The van der Waals surface area contributed by atoms with Crippen molar-refractivity contribution in [2.75, 3.05) is 5.32 Å². The quantitative estimate of drug-likeness (QED) is 0.686. The van der Waals surface area contributed by atoms with Crippen LogP contribution in [0.1, 0.15) is 29.5 Å². The summed E-state index contributed by atoms with van der Waals surface area (Å²) in [5.74, 6) is -1.27. The van der Waals surface area contributed by atoms with Gasteiger partial charge in [-0.3, -0.25) is 14.2 Å². The van der Waals surface area contributed by atoms with E-state index in [1.807, 2.05) is 0 Å². The molecule has 148 valence electrons. The third kappa shape index (κ3) is 3.61. The molecule has 1 aliphatic heterocycles. The largest absolute Gasteiger partial charge is 0.449 e. The maximum Gasteiger partial charge on any atom is 0.338 e. The predicted molar refractivity (Wildman–Crippen MR) is 104 cm³/mol. The summed E-state index contributed by atoms with van der Waals surface area (Å²) in [6, 6.07) is 10.2. The van der Waals surface area contributed by atoms with Gasteiger partial charge in [-0.25, -0.2) is 14.2 Å². The van der Waals surface area contributed by atoms with E-state index >= 15 is 0 Å². The highest BCUT2D eigenvalue weighted by atomic mass is 19.1. The molecule has 0 fully saturated rings. The molecule has 0 saturated carbocycles. The summed E-state index contributed by atoms with van der Waals surface area (Å²) in [6.45, 7) is 2.04. The summed E-state index contributed by atoms with van der Waals surface area (Å²) in [6.07, 6.45) is 0.436. The molecule has 0 spiro atoms. The van der Waals surface area contributed by atoms with Gasteiger partial charge in [-0.15, -0.1) is 0 Å². The zero-order valence-electron chi connectivity index (χ0n) is 15.6. The van der Waals surface area contributed by atoms with Crippen LogP contribution in [0, 0.1) is 5.82 Å². The highest BCUT2D eigenvalue weighted by Gasteiger charge is 2.21. The van der Waals surface area contributed by atoms with E-state index in [4.69, 9.17) is 4.74 Å². The Balaban J connectivity index is 1.51. The van der Waals surface area contributed by atoms with E-state index in [9.17, 15) is 18.8 Å². The van der Waals surface area contributed by atoms with Gasteiger partial charge in [0.25, 0.3) is 11.5 Å². The van der Waals surface area contributed by atoms with Gasteiger partial charge < -0.3 is 10.1 Å². The number of esters is 1. The third-order valence-corrected chi connectivity index (χ3v) is 4.84. The van der Waals surface area contributed by atoms with Crippen molar-refractivity contribution in [3.05, 3.63) is 70.0 Å². The van der Waals surface area contributed by atoms with Gasteiger partial charge in [0, 0.05) is 13.0 Å². The van der Waals surface area contributed by atoms with E-state index in [0.717, 1.165) is 6.42 Å². The first-order chi connectivity index (χ1) is 13.9. The first-order valence-corrected chi connectivity index (χ1v) is 9.24. The molecule has 1 atom stereocenters. The van der Waals surface area contributed by atoms with E-state index in [2.05, 4.69) is 10.3 Å². The number of halogens is 1. The second kappa shape index (κ2) is 7.46. The molecule has 1 aliphatic rings. The molecular formula is C21H18FN3O4. The summed E-state index contributed by atoms with van der Waals surface area (Å²) in [7, 11) is 0. The Labute approximate surface area is 165 Å². The second-order valence-corrected chi connectivity index (χ2v) is 6.84. The monoisotopic (exact) mass is 395 g/mol. The lowest BCUT2D eigenvalue weighted by molar-refractivity contribution is -0.123. The van der Waals surface area contributed by atoms with Crippen LogP contribution in [0.25, 0.3) is 10.9 Å². The van der Waals surface area contributed by atoms with E-state index in [-0.39, 0.29) is 16.8 Å². The third-order valence-electron chi connectivity index (χ3n) is 4.84. The number of hydrogen-bond donors (Lipinski definition) is 1. The SMILES string of the molecule is C[C@@H](OC(=O)c1ccc2c(=O)n3c(nc2c1)CCC3)C(=O)Nc1ccccc1F. The number of carbonyl (C=O) groups excluding carboxylic acids is 2. The van der Waals surface area contributed by atoms with Crippen LogP contribution in [-0.2, 0) is 22.5 Å². The molecule has 8 heteroatoms. The van der Waals surface area contributed by atoms with Gasteiger partial charge in [0.05, 0.1) is 22.2 Å². The summed E-state index contributed by atoms with van der Waals surface area (Å²) < 4.78 is 20.5. The smallest absolute Gasteiger partial charge is 0.338 e. The molecule has 1 N–H and O–H groups in total. The molecule has 7 nitrogen and oxygen atoms in total. The van der Waals surface area contributed by atoms with Crippen molar-refractivity contribution in [3.8, 4) is 0 Å². The number of fused-ring (bicyclic) bond motifs is 2. The maximum absolute atomic E-state index is 13.7. The summed E-state index contributed by atoms with van der Waals surface area (Å²) >= 11 is 0. The number of nitrogens with one attached hydrogen (secondary N) is 1. The Bertz CT molecular complexity index is 1190. The Kier molecular flexibility index (Phi) is 4.84. The highest BCUT2D eigenvalue weighted by Crippen LogP contribution is 2.18. The average Bonchev–Trinajstić information content (AvgIpc) is 3.18. The van der Waals surface area contributed by atoms with Gasteiger partial charge in [0.2, 0.25) is 0 Å². The number of ether oxygens (including phenoxy) is 1. The molecule has 2 heterocycles. The van der Waals surface area contributed by atoms with Crippen LogP contribution in [0.4, 0.5) is 10.1 Å². The molecule has 1 aromatic heterocycles. The zero-order valence-corrected chi connectivity index (χ0v) is 15.6. The van der Waals surface area contributed by atoms with Crippen molar-refractivity contribution >= 4 is 28.5 Å². The van der Waals surface area contributed by atoms with Crippen molar-refractivity contribution in [2.24, 2.45) is 0 Å². The van der Waals surface area contributed by atoms with E-state index in [0.29, 0.717) is 29.7 Å². The molecule has 0 aliphatic carbocycles. The highest BCUT2D eigenvalue weighted by molar-refractivity contribution is 5.98. The van der Waals surface area contributed by atoms with E-state index in [1.54, 1.807) is 10.6 Å². The number of aryl methyl sites for hydroxylation is 1. The van der Waals surface area contributed by atoms with E-state index in [1.165, 1.54) is 43.3 Å². The number of hydrogen-bond acceptors (Lipinski definition) is 5. The fourth-order valence-corrected chi connectivity index (χ4v) is 3.29. The molecular weight excluding hydrogens is 377 g/mol. The fourth-order valence-electron chi connectivity index (χ4n) is 3.29. The summed E-state index contributed by atoms with van der Waals surface area (Å²) in [5, 5.41) is 2.81.